The number of nitrogens with zero attached hydrogens (tertiary/aromatic N) is 1. The monoisotopic (exact) mass is 464 g/mol. The van der Waals surface area contributed by atoms with Gasteiger partial charge in [0.25, 0.3) is 11.8 Å². The largest absolute Gasteiger partial charge is 0.494 e. The van der Waals surface area contributed by atoms with E-state index in [1.54, 1.807) is 18.2 Å². The van der Waals surface area contributed by atoms with Crippen LogP contribution in [0, 0.1) is 0 Å². The molecule has 1 aliphatic rings. The maximum absolute atomic E-state index is 13.5. The highest BCUT2D eigenvalue weighted by Crippen LogP contribution is 2.38. The number of methoxy groups -OCH3 is 2. The van der Waals surface area contributed by atoms with Gasteiger partial charge in [0.15, 0.2) is 11.5 Å². The van der Waals surface area contributed by atoms with Crippen LogP contribution in [0.15, 0.2) is 65.7 Å². The Labute approximate surface area is 196 Å². The summed E-state index contributed by atoms with van der Waals surface area (Å²) in [5, 5.41) is 5.04. The molecule has 0 unspecified atom stereocenters. The minimum Gasteiger partial charge on any atom is -0.494 e. The number of carbonyl (C=O) groups is 2. The molecule has 2 heterocycles. The number of rotatable bonds is 9. The zero-order valence-electron chi connectivity index (χ0n) is 18.6. The number of thiophene rings is 1. The van der Waals surface area contributed by atoms with E-state index in [9.17, 15) is 9.59 Å². The van der Waals surface area contributed by atoms with Crippen LogP contribution in [0.2, 0.25) is 0 Å². The van der Waals surface area contributed by atoms with Crippen LogP contribution in [0.5, 0.6) is 17.2 Å². The van der Waals surface area contributed by atoms with Crippen molar-refractivity contribution in [2.45, 2.75) is 13.3 Å². The predicted molar refractivity (Wildman–Crippen MR) is 129 cm³/mol. The van der Waals surface area contributed by atoms with Crippen LogP contribution < -0.4 is 24.4 Å². The average molecular weight is 465 g/mol. The molecule has 0 saturated carbocycles. The van der Waals surface area contributed by atoms with Crippen molar-refractivity contribution in [1.29, 1.82) is 0 Å². The number of ether oxygens (including phenoxy) is 3. The van der Waals surface area contributed by atoms with Crippen LogP contribution in [0.1, 0.15) is 18.2 Å². The van der Waals surface area contributed by atoms with Crippen molar-refractivity contribution < 1.29 is 23.8 Å². The molecule has 0 fully saturated rings. The van der Waals surface area contributed by atoms with Crippen LogP contribution in [-0.2, 0) is 9.59 Å². The topological polar surface area (TPSA) is 77.1 Å². The van der Waals surface area contributed by atoms with E-state index in [1.807, 2.05) is 48.7 Å². The van der Waals surface area contributed by atoms with Gasteiger partial charge in [0.2, 0.25) is 0 Å². The Morgan fingerprint density at radius 1 is 0.939 bits per heavy atom. The number of amides is 2. The molecular weight excluding hydrogens is 440 g/mol. The molecule has 0 saturated heterocycles. The highest BCUT2D eigenvalue weighted by atomic mass is 32.1. The summed E-state index contributed by atoms with van der Waals surface area (Å²) in [4.78, 5) is 28.9. The average Bonchev–Trinajstić information content (AvgIpc) is 3.44. The third-order valence-corrected chi connectivity index (χ3v) is 5.94. The zero-order valence-corrected chi connectivity index (χ0v) is 19.4. The molecule has 0 atom stereocenters. The number of carbonyl (C=O) groups excluding carboxylic acids is 2. The van der Waals surface area contributed by atoms with Crippen molar-refractivity contribution in [2.24, 2.45) is 0 Å². The molecule has 0 spiro atoms. The fourth-order valence-electron chi connectivity index (χ4n) is 3.52. The Hall–Kier alpha value is -3.78. The summed E-state index contributed by atoms with van der Waals surface area (Å²) in [6, 6.07) is 15.9. The van der Waals surface area contributed by atoms with Gasteiger partial charge in [-0.15, -0.1) is 11.3 Å². The summed E-state index contributed by atoms with van der Waals surface area (Å²) < 4.78 is 16.3. The number of nitrogens with one attached hydrogen (secondary N) is 1. The first-order valence-corrected chi connectivity index (χ1v) is 11.3. The van der Waals surface area contributed by atoms with E-state index in [0.717, 1.165) is 11.3 Å². The van der Waals surface area contributed by atoms with E-state index in [1.165, 1.54) is 25.6 Å². The Morgan fingerprint density at radius 3 is 2.45 bits per heavy atom. The third-order valence-electron chi connectivity index (χ3n) is 5.05. The van der Waals surface area contributed by atoms with E-state index in [4.69, 9.17) is 14.2 Å². The van der Waals surface area contributed by atoms with E-state index in [2.05, 4.69) is 5.32 Å². The molecule has 1 aromatic heterocycles. The fourth-order valence-corrected chi connectivity index (χ4v) is 4.29. The molecule has 1 N–H and O–H groups in total. The van der Waals surface area contributed by atoms with Crippen molar-refractivity contribution in [2.75, 3.05) is 31.0 Å². The second-order valence-electron chi connectivity index (χ2n) is 7.21. The lowest BCUT2D eigenvalue weighted by molar-refractivity contribution is -0.120. The number of hydrogen-bond donors (Lipinski definition) is 1. The van der Waals surface area contributed by atoms with Crippen LogP contribution in [-0.4, -0.2) is 32.6 Å². The van der Waals surface area contributed by atoms with Gasteiger partial charge in [-0.25, -0.2) is 4.90 Å². The zero-order chi connectivity index (χ0) is 23.4. The summed E-state index contributed by atoms with van der Waals surface area (Å²) in [6.45, 7) is 2.63. The Morgan fingerprint density at radius 2 is 1.76 bits per heavy atom. The van der Waals surface area contributed by atoms with Crippen molar-refractivity contribution in [1.82, 2.24) is 0 Å². The van der Waals surface area contributed by atoms with E-state index in [0.29, 0.717) is 45.7 Å². The summed E-state index contributed by atoms with van der Waals surface area (Å²) in [5.74, 6) is 0.768. The highest BCUT2D eigenvalue weighted by Gasteiger charge is 2.41. The summed E-state index contributed by atoms with van der Waals surface area (Å²) >= 11 is 1.40. The first kappa shape index (κ1) is 22.4. The Balaban J connectivity index is 1.73. The van der Waals surface area contributed by atoms with Gasteiger partial charge in [-0.05, 0) is 42.1 Å². The maximum atomic E-state index is 13.5. The van der Waals surface area contributed by atoms with Gasteiger partial charge < -0.3 is 19.5 Å². The molecule has 2 amide bonds. The Kier molecular flexibility index (Phi) is 6.65. The van der Waals surface area contributed by atoms with Crippen molar-refractivity contribution in [3.8, 4) is 17.2 Å². The molecule has 8 heteroatoms. The SMILES string of the molecule is CCCOc1cccc(NC2=C(c3cccs3)C(=O)N(c3ccc(OC)c(OC)c3)C2=O)c1. The van der Waals surface area contributed by atoms with Gasteiger partial charge >= 0.3 is 0 Å². The molecule has 1 aliphatic heterocycles. The van der Waals surface area contributed by atoms with E-state index >= 15 is 0 Å². The molecule has 7 nitrogen and oxygen atoms in total. The predicted octanol–water partition coefficient (Wildman–Crippen LogP) is 4.95. The number of hydrogen-bond acceptors (Lipinski definition) is 7. The van der Waals surface area contributed by atoms with Gasteiger partial charge in [0.1, 0.15) is 11.4 Å². The van der Waals surface area contributed by atoms with Crippen LogP contribution in [0.4, 0.5) is 11.4 Å². The van der Waals surface area contributed by atoms with Crippen molar-refractivity contribution in [3.05, 3.63) is 70.6 Å². The molecule has 3 aromatic rings. The molecule has 4 rings (SSSR count). The fraction of sp³-hybridized carbons (Fsp3) is 0.200. The minimum atomic E-state index is -0.449. The number of benzene rings is 2. The second-order valence-corrected chi connectivity index (χ2v) is 8.16. The number of imide groups is 1. The maximum Gasteiger partial charge on any atom is 0.282 e. The first-order chi connectivity index (χ1) is 16.1. The Bertz CT molecular complexity index is 1200. The molecule has 33 heavy (non-hydrogen) atoms. The minimum absolute atomic E-state index is 0.213. The van der Waals surface area contributed by atoms with Crippen LogP contribution in [0.25, 0.3) is 5.57 Å². The summed E-state index contributed by atoms with van der Waals surface area (Å²) in [6.07, 6.45) is 0.888. The molecule has 2 aromatic carbocycles. The van der Waals surface area contributed by atoms with Crippen LogP contribution in [0.3, 0.4) is 0 Å². The standard InChI is InChI=1S/C25H24N2O5S/c1-4-12-32-18-8-5-7-16(14-18)26-23-22(21-9-6-13-33-21)24(28)27(25(23)29)17-10-11-19(30-2)20(15-17)31-3/h5-11,13-15,26H,4,12H2,1-3H3. The lowest BCUT2D eigenvalue weighted by Gasteiger charge is -2.17. The van der Waals surface area contributed by atoms with Crippen molar-refractivity contribution >= 4 is 40.1 Å². The third kappa shape index (κ3) is 4.42. The van der Waals surface area contributed by atoms with Gasteiger partial charge in [-0.2, -0.15) is 0 Å². The summed E-state index contributed by atoms with van der Waals surface area (Å²) in [7, 11) is 3.03. The molecule has 0 bridgehead atoms. The van der Waals surface area contributed by atoms with E-state index in [-0.39, 0.29) is 5.70 Å². The van der Waals surface area contributed by atoms with Gasteiger partial charge in [0, 0.05) is 22.7 Å². The molecule has 170 valence electrons. The van der Waals surface area contributed by atoms with E-state index < -0.39 is 11.8 Å². The van der Waals surface area contributed by atoms with Gasteiger partial charge in [-0.3, -0.25) is 9.59 Å². The summed E-state index contributed by atoms with van der Waals surface area (Å²) in [5.41, 5.74) is 1.59. The molecule has 0 aliphatic carbocycles. The smallest absolute Gasteiger partial charge is 0.282 e. The first-order valence-electron chi connectivity index (χ1n) is 10.5. The highest BCUT2D eigenvalue weighted by molar-refractivity contribution is 7.11. The van der Waals surface area contributed by atoms with Crippen LogP contribution >= 0.6 is 11.3 Å². The van der Waals surface area contributed by atoms with Gasteiger partial charge in [-0.1, -0.05) is 19.1 Å². The molecular formula is C25H24N2O5S. The van der Waals surface area contributed by atoms with Gasteiger partial charge in [0.05, 0.1) is 32.1 Å². The lowest BCUT2D eigenvalue weighted by atomic mass is 10.2. The second kappa shape index (κ2) is 9.79. The van der Waals surface area contributed by atoms with Crippen molar-refractivity contribution in [3.63, 3.8) is 0 Å². The number of anilines is 2. The molecule has 0 radical (unpaired) electrons. The lowest BCUT2D eigenvalue weighted by Crippen LogP contribution is -2.32. The quantitative estimate of drug-likeness (QED) is 0.452. The normalized spacial score (nSPS) is 13.5.